The average Bonchev–Trinajstić information content (AvgIpc) is 3.24. The van der Waals surface area contributed by atoms with Crippen molar-refractivity contribution in [2.45, 2.75) is 104 Å². The van der Waals surface area contributed by atoms with Crippen molar-refractivity contribution in [2.24, 2.45) is 17.3 Å². The number of carbonyl (C=O) groups excluding carboxylic acids is 2. The Kier molecular flexibility index (Phi) is 9.96. The van der Waals surface area contributed by atoms with E-state index in [4.69, 9.17) is 14.2 Å². The van der Waals surface area contributed by atoms with Gasteiger partial charge in [-0.15, -0.1) is 0 Å². The molecule has 0 aromatic carbocycles. The third kappa shape index (κ3) is 7.73. The van der Waals surface area contributed by atoms with E-state index in [1.54, 1.807) is 0 Å². The van der Waals surface area contributed by atoms with Crippen LogP contribution in [-0.2, 0) is 23.8 Å². The monoisotopic (exact) mass is 450 g/mol. The molecular weight excluding hydrogens is 408 g/mol. The van der Waals surface area contributed by atoms with Crippen LogP contribution < -0.4 is 0 Å². The summed E-state index contributed by atoms with van der Waals surface area (Å²) in [6, 6.07) is 0. The first kappa shape index (κ1) is 26.6. The minimum absolute atomic E-state index is 0.0397. The zero-order chi connectivity index (χ0) is 23.9. The molecule has 2 aliphatic rings. The van der Waals surface area contributed by atoms with Crippen LogP contribution in [0.15, 0.2) is 23.8 Å². The lowest BCUT2D eigenvalue weighted by atomic mass is 9.81. The molecule has 0 radical (unpaired) electrons. The number of methoxy groups -OCH3 is 1. The van der Waals surface area contributed by atoms with Crippen molar-refractivity contribution in [3.05, 3.63) is 23.8 Å². The van der Waals surface area contributed by atoms with Crippen molar-refractivity contribution < 1.29 is 28.9 Å². The highest BCUT2D eigenvalue weighted by Crippen LogP contribution is 2.46. The summed E-state index contributed by atoms with van der Waals surface area (Å²) in [5.74, 6) is -0.140. The van der Waals surface area contributed by atoms with E-state index < -0.39 is 6.10 Å². The van der Waals surface area contributed by atoms with Crippen LogP contribution in [-0.4, -0.2) is 48.6 Å². The summed E-state index contributed by atoms with van der Waals surface area (Å²) in [6.07, 6.45) is 11.0. The molecule has 0 aromatic heterocycles. The summed E-state index contributed by atoms with van der Waals surface area (Å²) in [6.45, 7) is 9.69. The lowest BCUT2D eigenvalue weighted by molar-refractivity contribution is -0.148. The maximum atomic E-state index is 11.6. The molecule has 0 spiro atoms. The molecule has 2 fully saturated rings. The minimum Gasteiger partial charge on any atom is -0.469 e. The van der Waals surface area contributed by atoms with Gasteiger partial charge >= 0.3 is 11.9 Å². The first-order chi connectivity index (χ1) is 15.0. The third-order valence-electron chi connectivity index (χ3n) is 6.82. The predicted molar refractivity (Wildman–Crippen MR) is 124 cm³/mol. The van der Waals surface area contributed by atoms with Gasteiger partial charge in [0.05, 0.1) is 25.4 Å². The Labute approximate surface area is 193 Å². The smallest absolute Gasteiger partial charge is 0.305 e. The molecule has 6 nitrogen and oxygen atoms in total. The van der Waals surface area contributed by atoms with Crippen LogP contribution in [0, 0.1) is 17.3 Å². The number of esters is 2. The van der Waals surface area contributed by atoms with E-state index in [2.05, 4.69) is 39.8 Å². The van der Waals surface area contributed by atoms with Gasteiger partial charge in [0.25, 0.3) is 0 Å². The van der Waals surface area contributed by atoms with Gasteiger partial charge in [-0.2, -0.15) is 0 Å². The van der Waals surface area contributed by atoms with Gasteiger partial charge in [0.15, 0.2) is 0 Å². The quantitative estimate of drug-likeness (QED) is 0.278. The summed E-state index contributed by atoms with van der Waals surface area (Å²) in [7, 11) is 1.41. The van der Waals surface area contributed by atoms with Gasteiger partial charge in [0.1, 0.15) is 6.10 Å². The molecule has 1 aliphatic heterocycles. The van der Waals surface area contributed by atoms with E-state index in [0.29, 0.717) is 12.8 Å². The normalized spacial score (nSPS) is 28.4. The van der Waals surface area contributed by atoms with Gasteiger partial charge in [0.2, 0.25) is 0 Å². The molecule has 6 atom stereocenters. The molecule has 1 N–H and O–H groups in total. The van der Waals surface area contributed by atoms with Gasteiger partial charge in [0, 0.05) is 25.7 Å². The number of aliphatic hydroxyl groups excluding tert-OH is 1. The van der Waals surface area contributed by atoms with E-state index in [1.807, 2.05) is 6.08 Å². The van der Waals surface area contributed by atoms with Crippen LogP contribution in [0.1, 0.15) is 79.6 Å². The van der Waals surface area contributed by atoms with Crippen molar-refractivity contribution >= 4 is 11.9 Å². The average molecular weight is 451 g/mol. The van der Waals surface area contributed by atoms with E-state index in [-0.39, 0.29) is 47.5 Å². The first-order valence-electron chi connectivity index (χ1n) is 11.9. The number of allylic oxidation sites excluding steroid dienone is 2. The number of fused-ring (bicyclic) bond motifs is 1. The zero-order valence-corrected chi connectivity index (χ0v) is 20.6. The van der Waals surface area contributed by atoms with Crippen molar-refractivity contribution in [1.29, 1.82) is 0 Å². The van der Waals surface area contributed by atoms with Gasteiger partial charge in [-0.05, 0) is 50.9 Å². The van der Waals surface area contributed by atoms with E-state index in [9.17, 15) is 14.7 Å². The van der Waals surface area contributed by atoms with E-state index in [0.717, 1.165) is 32.1 Å². The Bertz CT molecular complexity index is 690. The highest BCUT2D eigenvalue weighted by molar-refractivity contribution is 5.69. The van der Waals surface area contributed by atoms with Crippen LogP contribution in [0.25, 0.3) is 0 Å². The zero-order valence-electron chi connectivity index (χ0n) is 20.6. The summed E-state index contributed by atoms with van der Waals surface area (Å²) >= 11 is 0. The maximum absolute atomic E-state index is 11.6. The van der Waals surface area contributed by atoms with Gasteiger partial charge in [-0.1, -0.05) is 44.1 Å². The Morgan fingerprint density at radius 3 is 2.53 bits per heavy atom. The van der Waals surface area contributed by atoms with Crippen molar-refractivity contribution in [3.8, 4) is 0 Å². The summed E-state index contributed by atoms with van der Waals surface area (Å²) in [4.78, 5) is 22.9. The molecule has 0 unspecified atom stereocenters. The molecule has 32 heavy (non-hydrogen) atoms. The van der Waals surface area contributed by atoms with E-state index >= 15 is 0 Å². The molecule has 2 rings (SSSR count). The highest BCUT2D eigenvalue weighted by Gasteiger charge is 2.49. The van der Waals surface area contributed by atoms with E-state index in [1.165, 1.54) is 19.6 Å². The van der Waals surface area contributed by atoms with Gasteiger partial charge < -0.3 is 19.3 Å². The van der Waals surface area contributed by atoms with Crippen molar-refractivity contribution in [1.82, 2.24) is 0 Å². The first-order valence-corrected chi connectivity index (χ1v) is 11.9. The SMILES string of the molecule is COC(=O)CCCC[C@H]1C[C@@H]2[C@@H](/C=C/[C@@H](O)C(C)(C)CC=C(C)C)[C@H](OC(C)=O)C[C@@H]2O1. The Balaban J connectivity index is 1.99. The largest absolute Gasteiger partial charge is 0.469 e. The molecule has 0 amide bonds. The fraction of sp³-hybridized carbons (Fsp3) is 0.769. The Morgan fingerprint density at radius 2 is 1.91 bits per heavy atom. The number of hydrogen-bond acceptors (Lipinski definition) is 6. The molecule has 6 heteroatoms. The third-order valence-corrected chi connectivity index (χ3v) is 6.82. The molecule has 1 heterocycles. The maximum Gasteiger partial charge on any atom is 0.305 e. The standard InChI is InChI=1S/C26H42O6/c1-17(2)13-14-26(4,5)24(28)12-11-20-21-15-19(9-7-8-10-25(29)30-6)32-23(21)16-22(20)31-18(3)27/h11-13,19-24,28H,7-10,14-16H2,1-6H3/b12-11+/t19-,20+,21+,22+,23-,24+/m0/s1. The minimum atomic E-state index is -0.591. The summed E-state index contributed by atoms with van der Waals surface area (Å²) in [5.41, 5.74) is 0.959. The number of unbranched alkanes of at least 4 members (excludes halogenated alkanes) is 1. The van der Waals surface area contributed by atoms with Crippen molar-refractivity contribution in [2.75, 3.05) is 7.11 Å². The summed E-state index contributed by atoms with van der Waals surface area (Å²) in [5, 5.41) is 10.8. The molecular formula is C26H42O6. The van der Waals surface area contributed by atoms with Crippen molar-refractivity contribution in [3.63, 3.8) is 0 Å². The molecule has 1 saturated heterocycles. The lowest BCUT2D eigenvalue weighted by Crippen LogP contribution is -2.28. The Morgan fingerprint density at radius 1 is 1.19 bits per heavy atom. The van der Waals surface area contributed by atoms with Crippen LogP contribution in [0.4, 0.5) is 0 Å². The number of ether oxygens (including phenoxy) is 3. The van der Waals surface area contributed by atoms with Gasteiger partial charge in [-0.3, -0.25) is 9.59 Å². The number of hydrogen-bond donors (Lipinski definition) is 1. The van der Waals surface area contributed by atoms with Gasteiger partial charge in [-0.25, -0.2) is 0 Å². The fourth-order valence-electron chi connectivity index (χ4n) is 4.77. The molecule has 0 aromatic rings. The lowest BCUT2D eigenvalue weighted by Gasteiger charge is -2.28. The second-order valence-corrected chi connectivity index (χ2v) is 10.3. The van der Waals surface area contributed by atoms with Crippen LogP contribution in [0.5, 0.6) is 0 Å². The molecule has 182 valence electrons. The Hall–Kier alpha value is -1.66. The highest BCUT2D eigenvalue weighted by atomic mass is 16.6. The number of aliphatic hydroxyl groups is 1. The predicted octanol–water partition coefficient (Wildman–Crippen LogP) is 4.74. The second kappa shape index (κ2) is 12.0. The second-order valence-electron chi connectivity index (χ2n) is 10.3. The molecule has 1 saturated carbocycles. The topological polar surface area (TPSA) is 82.1 Å². The van der Waals surface area contributed by atoms with Crippen LogP contribution in [0.3, 0.4) is 0 Å². The van der Waals surface area contributed by atoms with Crippen LogP contribution >= 0.6 is 0 Å². The molecule has 0 bridgehead atoms. The molecule has 1 aliphatic carbocycles. The number of carbonyl (C=O) groups is 2. The number of rotatable bonds is 11. The fourth-order valence-corrected chi connectivity index (χ4v) is 4.77. The summed E-state index contributed by atoms with van der Waals surface area (Å²) < 4.78 is 16.6. The van der Waals surface area contributed by atoms with Crippen LogP contribution in [0.2, 0.25) is 0 Å².